The predicted molar refractivity (Wildman–Crippen MR) is 61.8 cm³/mol. The van der Waals surface area contributed by atoms with Gasteiger partial charge in [0, 0.05) is 6.07 Å². The van der Waals surface area contributed by atoms with E-state index in [-0.39, 0.29) is 11.5 Å². The van der Waals surface area contributed by atoms with Crippen molar-refractivity contribution in [1.82, 2.24) is 0 Å². The number of aryl methyl sites for hydroxylation is 1. The van der Waals surface area contributed by atoms with Crippen LogP contribution in [0.4, 0.5) is 0 Å². The molecule has 14 heavy (non-hydrogen) atoms. The van der Waals surface area contributed by atoms with E-state index >= 15 is 0 Å². The Hall–Kier alpha value is -1.18. The van der Waals surface area contributed by atoms with Crippen LogP contribution in [0.3, 0.4) is 0 Å². The highest BCUT2D eigenvalue weighted by Gasteiger charge is 1.97. The molecule has 0 spiro atoms. The normalized spacial score (nSPS) is 7.79. The number of phenols is 2. The lowest BCUT2D eigenvalue weighted by molar-refractivity contribution is 0.446. The van der Waals surface area contributed by atoms with E-state index in [1.54, 1.807) is 12.1 Å². The van der Waals surface area contributed by atoms with Gasteiger partial charge in [-0.2, -0.15) is 0 Å². The lowest BCUT2D eigenvalue weighted by Crippen LogP contribution is -1.79. The second-order valence-electron chi connectivity index (χ2n) is 2.17. The molecule has 0 saturated carbocycles. The van der Waals surface area contributed by atoms with E-state index < -0.39 is 0 Å². The standard InChI is InChI=1S/C8H10O2.2C2H6/c1-2-6-3-4-7(9)5-8(6)10;2*1-2/h3-5,9-10H,2H2,1H3;2*1-2H3. The van der Waals surface area contributed by atoms with Gasteiger partial charge in [0.05, 0.1) is 0 Å². The third-order valence-corrected chi connectivity index (χ3v) is 1.45. The van der Waals surface area contributed by atoms with Crippen LogP contribution in [0.15, 0.2) is 18.2 Å². The summed E-state index contributed by atoms with van der Waals surface area (Å²) in [4.78, 5) is 0. The molecule has 2 heteroatoms. The van der Waals surface area contributed by atoms with Gasteiger partial charge in [-0.3, -0.25) is 0 Å². The van der Waals surface area contributed by atoms with Gasteiger partial charge in [0.25, 0.3) is 0 Å². The van der Waals surface area contributed by atoms with E-state index in [1.165, 1.54) is 6.07 Å². The van der Waals surface area contributed by atoms with Crippen molar-refractivity contribution in [2.75, 3.05) is 0 Å². The summed E-state index contributed by atoms with van der Waals surface area (Å²) in [7, 11) is 0. The average molecular weight is 198 g/mol. The van der Waals surface area contributed by atoms with Gasteiger partial charge in [-0.25, -0.2) is 0 Å². The molecule has 0 aliphatic heterocycles. The van der Waals surface area contributed by atoms with E-state index in [2.05, 4.69) is 0 Å². The average Bonchev–Trinajstić information content (AvgIpc) is 2.24. The first-order valence-corrected chi connectivity index (χ1v) is 5.25. The number of benzene rings is 1. The van der Waals surface area contributed by atoms with E-state index in [0.29, 0.717) is 0 Å². The molecule has 2 N–H and O–H groups in total. The van der Waals surface area contributed by atoms with Crippen molar-refractivity contribution < 1.29 is 10.2 Å². The van der Waals surface area contributed by atoms with E-state index in [9.17, 15) is 0 Å². The van der Waals surface area contributed by atoms with Crippen molar-refractivity contribution in [3.8, 4) is 11.5 Å². The zero-order valence-electron chi connectivity index (χ0n) is 9.83. The molecule has 2 nitrogen and oxygen atoms in total. The second kappa shape index (κ2) is 9.90. The lowest BCUT2D eigenvalue weighted by atomic mass is 10.1. The Kier molecular flexibility index (Phi) is 10.8. The Bertz CT molecular complexity index is 232. The summed E-state index contributed by atoms with van der Waals surface area (Å²) in [6.45, 7) is 9.95. The first kappa shape index (κ1) is 15.3. The number of hydrogen-bond acceptors (Lipinski definition) is 2. The fraction of sp³-hybridized carbons (Fsp3) is 0.500. The molecule has 0 bridgehead atoms. The minimum absolute atomic E-state index is 0.106. The number of hydrogen-bond donors (Lipinski definition) is 2. The monoisotopic (exact) mass is 198 g/mol. The Morgan fingerprint density at radius 1 is 1.00 bits per heavy atom. The van der Waals surface area contributed by atoms with Crippen LogP contribution >= 0.6 is 0 Å². The topological polar surface area (TPSA) is 40.5 Å². The lowest BCUT2D eigenvalue weighted by Gasteiger charge is -1.99. The SMILES string of the molecule is CC.CC.CCc1ccc(O)cc1O. The highest BCUT2D eigenvalue weighted by molar-refractivity contribution is 5.38. The number of phenolic OH excluding ortho intramolecular Hbond substituents is 2. The third kappa shape index (κ3) is 5.46. The summed E-state index contributed by atoms with van der Waals surface area (Å²) in [5.41, 5.74) is 0.859. The Labute approximate surface area is 87.2 Å². The Morgan fingerprint density at radius 2 is 1.50 bits per heavy atom. The first-order valence-electron chi connectivity index (χ1n) is 5.25. The van der Waals surface area contributed by atoms with E-state index in [0.717, 1.165) is 12.0 Å². The molecular weight excluding hydrogens is 176 g/mol. The molecule has 0 fully saturated rings. The van der Waals surface area contributed by atoms with Gasteiger partial charge in [-0.15, -0.1) is 0 Å². The molecule has 0 heterocycles. The van der Waals surface area contributed by atoms with Crippen LogP contribution in [-0.2, 0) is 6.42 Å². The molecule has 0 amide bonds. The smallest absolute Gasteiger partial charge is 0.122 e. The van der Waals surface area contributed by atoms with Crippen LogP contribution in [0.2, 0.25) is 0 Å². The molecule has 0 aliphatic rings. The summed E-state index contributed by atoms with van der Waals surface area (Å²) in [5, 5.41) is 18.0. The maximum atomic E-state index is 9.13. The van der Waals surface area contributed by atoms with Crippen LogP contribution in [-0.4, -0.2) is 10.2 Å². The molecular formula is C12H22O2. The molecule has 0 radical (unpaired) electrons. The van der Waals surface area contributed by atoms with Crippen molar-refractivity contribution >= 4 is 0 Å². The predicted octanol–water partition coefficient (Wildman–Crippen LogP) is 3.71. The summed E-state index contributed by atoms with van der Waals surface area (Å²) >= 11 is 0. The Morgan fingerprint density at radius 3 is 1.86 bits per heavy atom. The maximum absolute atomic E-state index is 9.13. The molecule has 1 aromatic carbocycles. The number of aromatic hydroxyl groups is 2. The van der Waals surface area contributed by atoms with Crippen LogP contribution in [0.25, 0.3) is 0 Å². The van der Waals surface area contributed by atoms with Crippen molar-refractivity contribution in [2.45, 2.75) is 41.0 Å². The quantitative estimate of drug-likeness (QED) is 0.722. The van der Waals surface area contributed by atoms with Crippen LogP contribution in [0.5, 0.6) is 11.5 Å². The zero-order valence-corrected chi connectivity index (χ0v) is 9.83. The zero-order chi connectivity index (χ0) is 11.6. The third-order valence-electron chi connectivity index (χ3n) is 1.45. The summed E-state index contributed by atoms with van der Waals surface area (Å²) < 4.78 is 0. The van der Waals surface area contributed by atoms with Crippen LogP contribution in [0.1, 0.15) is 40.2 Å². The summed E-state index contributed by atoms with van der Waals surface area (Å²) in [5.74, 6) is 0.275. The van der Waals surface area contributed by atoms with Crippen molar-refractivity contribution in [2.24, 2.45) is 0 Å². The van der Waals surface area contributed by atoms with Crippen molar-refractivity contribution in [1.29, 1.82) is 0 Å². The Balaban J connectivity index is 0. The van der Waals surface area contributed by atoms with Gasteiger partial charge in [0.15, 0.2) is 0 Å². The first-order chi connectivity index (χ1) is 6.74. The molecule has 0 atom stereocenters. The molecule has 0 unspecified atom stereocenters. The van der Waals surface area contributed by atoms with Crippen LogP contribution < -0.4 is 0 Å². The van der Waals surface area contributed by atoms with Gasteiger partial charge >= 0.3 is 0 Å². The minimum Gasteiger partial charge on any atom is -0.508 e. The summed E-state index contributed by atoms with van der Waals surface area (Å²) in [6, 6.07) is 4.63. The van der Waals surface area contributed by atoms with E-state index in [4.69, 9.17) is 10.2 Å². The van der Waals surface area contributed by atoms with Crippen molar-refractivity contribution in [3.63, 3.8) is 0 Å². The van der Waals surface area contributed by atoms with Gasteiger partial charge < -0.3 is 10.2 Å². The molecule has 82 valence electrons. The molecule has 1 rings (SSSR count). The fourth-order valence-corrected chi connectivity index (χ4v) is 0.851. The molecule has 1 aromatic rings. The van der Waals surface area contributed by atoms with E-state index in [1.807, 2.05) is 34.6 Å². The van der Waals surface area contributed by atoms with Gasteiger partial charge in [-0.05, 0) is 18.1 Å². The second-order valence-corrected chi connectivity index (χ2v) is 2.17. The molecule has 0 saturated heterocycles. The summed E-state index contributed by atoms with van der Waals surface area (Å²) in [6.07, 6.45) is 0.784. The van der Waals surface area contributed by atoms with Gasteiger partial charge in [0.2, 0.25) is 0 Å². The molecule has 0 aliphatic carbocycles. The maximum Gasteiger partial charge on any atom is 0.122 e. The van der Waals surface area contributed by atoms with Gasteiger partial charge in [0.1, 0.15) is 11.5 Å². The molecule has 0 aromatic heterocycles. The number of rotatable bonds is 1. The highest BCUT2D eigenvalue weighted by atomic mass is 16.3. The van der Waals surface area contributed by atoms with Gasteiger partial charge in [-0.1, -0.05) is 40.7 Å². The minimum atomic E-state index is 0.106. The fourth-order valence-electron chi connectivity index (χ4n) is 0.851. The highest BCUT2D eigenvalue weighted by Crippen LogP contribution is 2.22. The van der Waals surface area contributed by atoms with Crippen LogP contribution in [0, 0.1) is 0 Å². The largest absolute Gasteiger partial charge is 0.508 e. The van der Waals surface area contributed by atoms with Crippen molar-refractivity contribution in [3.05, 3.63) is 23.8 Å².